The van der Waals surface area contributed by atoms with Crippen molar-refractivity contribution in [3.8, 4) is 0 Å². The molecule has 0 aromatic carbocycles. The molecule has 3 heteroatoms. The van der Waals surface area contributed by atoms with E-state index in [1.54, 1.807) is 6.92 Å². The van der Waals surface area contributed by atoms with Crippen molar-refractivity contribution >= 4 is 0 Å². The lowest BCUT2D eigenvalue weighted by molar-refractivity contribution is -0.0834. The third-order valence-corrected chi connectivity index (χ3v) is 1.84. The number of aliphatic hydroxyl groups excluding tert-OH is 1. The molecular weight excluding hydrogens is 166 g/mol. The molecule has 0 aliphatic carbocycles. The highest BCUT2D eigenvalue weighted by atomic mass is 16.6. The van der Waals surface area contributed by atoms with Crippen molar-refractivity contribution in [2.75, 3.05) is 19.7 Å². The van der Waals surface area contributed by atoms with Crippen molar-refractivity contribution in [2.45, 2.75) is 45.8 Å². The molecule has 3 nitrogen and oxygen atoms in total. The second kappa shape index (κ2) is 9.96. The highest BCUT2D eigenvalue weighted by Gasteiger charge is 1.93. The fourth-order valence-electron chi connectivity index (χ4n) is 1.10. The second-order valence-electron chi connectivity index (χ2n) is 3.28. The van der Waals surface area contributed by atoms with Crippen molar-refractivity contribution < 1.29 is 9.84 Å². The van der Waals surface area contributed by atoms with E-state index in [1.807, 2.05) is 0 Å². The summed E-state index contributed by atoms with van der Waals surface area (Å²) in [5.41, 5.74) is 0. The molecule has 0 heterocycles. The van der Waals surface area contributed by atoms with Gasteiger partial charge in [0.25, 0.3) is 0 Å². The minimum atomic E-state index is -0.637. The molecule has 1 unspecified atom stereocenters. The van der Waals surface area contributed by atoms with E-state index in [1.165, 1.54) is 25.7 Å². The van der Waals surface area contributed by atoms with E-state index in [0.29, 0.717) is 6.61 Å². The molecule has 13 heavy (non-hydrogen) atoms. The molecule has 0 bridgehead atoms. The molecule has 0 saturated carbocycles. The molecule has 0 saturated heterocycles. The van der Waals surface area contributed by atoms with Crippen LogP contribution in [0.1, 0.15) is 39.5 Å². The van der Waals surface area contributed by atoms with Crippen LogP contribution in [0.4, 0.5) is 0 Å². The van der Waals surface area contributed by atoms with Gasteiger partial charge in [-0.05, 0) is 19.9 Å². The van der Waals surface area contributed by atoms with E-state index in [-0.39, 0.29) is 0 Å². The number of aliphatic hydroxyl groups is 1. The minimum Gasteiger partial charge on any atom is -0.368 e. The van der Waals surface area contributed by atoms with Gasteiger partial charge in [0.2, 0.25) is 0 Å². The molecule has 0 aromatic rings. The van der Waals surface area contributed by atoms with Gasteiger partial charge in [0, 0.05) is 6.54 Å². The summed E-state index contributed by atoms with van der Waals surface area (Å²) in [7, 11) is 0. The van der Waals surface area contributed by atoms with Crippen LogP contribution in [0.2, 0.25) is 0 Å². The maximum atomic E-state index is 8.78. The molecule has 0 spiro atoms. The van der Waals surface area contributed by atoms with Crippen LogP contribution in [0.25, 0.3) is 0 Å². The summed E-state index contributed by atoms with van der Waals surface area (Å²) in [6.07, 6.45) is 4.52. The predicted octanol–water partition coefficient (Wildman–Crippen LogP) is 1.51. The summed E-state index contributed by atoms with van der Waals surface area (Å²) in [5, 5.41) is 12.0. The first-order valence-corrected chi connectivity index (χ1v) is 5.27. The number of nitrogens with one attached hydrogen (secondary N) is 1. The molecule has 0 amide bonds. The topological polar surface area (TPSA) is 41.5 Å². The summed E-state index contributed by atoms with van der Waals surface area (Å²) >= 11 is 0. The number of rotatable bonds is 9. The zero-order valence-electron chi connectivity index (χ0n) is 8.88. The van der Waals surface area contributed by atoms with Gasteiger partial charge in [-0.15, -0.1) is 0 Å². The Balaban J connectivity index is 2.84. The maximum absolute atomic E-state index is 8.78. The Morgan fingerprint density at radius 3 is 2.62 bits per heavy atom. The molecule has 80 valence electrons. The van der Waals surface area contributed by atoms with Gasteiger partial charge in [0.1, 0.15) is 0 Å². The first-order chi connectivity index (χ1) is 6.27. The predicted molar refractivity (Wildman–Crippen MR) is 54.6 cm³/mol. The Bertz CT molecular complexity index is 96.9. The Hall–Kier alpha value is -0.120. The second-order valence-corrected chi connectivity index (χ2v) is 3.28. The Morgan fingerprint density at radius 2 is 2.00 bits per heavy atom. The van der Waals surface area contributed by atoms with Crippen molar-refractivity contribution in [3.05, 3.63) is 0 Å². The molecule has 0 rings (SSSR count). The standard InChI is InChI=1S/C10H23NO2/c1-3-4-5-6-7-11-8-9-13-10(2)12/h10-12H,3-9H2,1-2H3. The van der Waals surface area contributed by atoms with Gasteiger partial charge in [0.05, 0.1) is 6.61 Å². The quantitative estimate of drug-likeness (QED) is 0.427. The van der Waals surface area contributed by atoms with E-state index < -0.39 is 6.29 Å². The number of ether oxygens (including phenoxy) is 1. The maximum Gasteiger partial charge on any atom is 0.151 e. The Kier molecular flexibility index (Phi) is 9.87. The van der Waals surface area contributed by atoms with Gasteiger partial charge in [-0.25, -0.2) is 0 Å². The van der Waals surface area contributed by atoms with E-state index >= 15 is 0 Å². The van der Waals surface area contributed by atoms with E-state index in [0.717, 1.165) is 13.1 Å². The van der Waals surface area contributed by atoms with E-state index in [4.69, 9.17) is 9.84 Å². The third kappa shape index (κ3) is 11.9. The lowest BCUT2D eigenvalue weighted by atomic mass is 10.2. The van der Waals surface area contributed by atoms with Gasteiger partial charge >= 0.3 is 0 Å². The molecule has 2 N–H and O–H groups in total. The first-order valence-electron chi connectivity index (χ1n) is 5.27. The SMILES string of the molecule is CCCCCCNCCOC(C)O. The van der Waals surface area contributed by atoms with Gasteiger partial charge in [-0.3, -0.25) is 0 Å². The van der Waals surface area contributed by atoms with Crippen LogP contribution in [0, 0.1) is 0 Å². The number of unbranched alkanes of at least 4 members (excludes halogenated alkanes) is 3. The Labute approximate surface area is 81.5 Å². The van der Waals surface area contributed by atoms with Crippen molar-refractivity contribution in [1.82, 2.24) is 5.32 Å². The molecule has 0 radical (unpaired) electrons. The van der Waals surface area contributed by atoms with E-state index in [2.05, 4.69) is 12.2 Å². The molecule has 0 aromatic heterocycles. The fraction of sp³-hybridized carbons (Fsp3) is 1.00. The first kappa shape index (κ1) is 12.9. The van der Waals surface area contributed by atoms with Crippen LogP contribution in [-0.4, -0.2) is 31.1 Å². The van der Waals surface area contributed by atoms with E-state index in [9.17, 15) is 0 Å². The lowest BCUT2D eigenvalue weighted by Crippen LogP contribution is -2.22. The highest BCUT2D eigenvalue weighted by molar-refractivity contribution is 4.47. The third-order valence-electron chi connectivity index (χ3n) is 1.84. The van der Waals surface area contributed by atoms with Gasteiger partial charge in [-0.2, -0.15) is 0 Å². The van der Waals surface area contributed by atoms with Gasteiger partial charge < -0.3 is 15.2 Å². The van der Waals surface area contributed by atoms with Crippen LogP contribution in [0.5, 0.6) is 0 Å². The number of hydrogen-bond donors (Lipinski definition) is 2. The number of hydrogen-bond acceptors (Lipinski definition) is 3. The zero-order valence-corrected chi connectivity index (χ0v) is 8.88. The van der Waals surface area contributed by atoms with Gasteiger partial charge in [-0.1, -0.05) is 26.2 Å². The zero-order chi connectivity index (χ0) is 9.94. The summed E-state index contributed by atoms with van der Waals surface area (Å²) < 4.78 is 4.96. The molecular formula is C10H23NO2. The smallest absolute Gasteiger partial charge is 0.151 e. The van der Waals surface area contributed by atoms with Crippen LogP contribution in [0.15, 0.2) is 0 Å². The summed E-state index contributed by atoms with van der Waals surface area (Å²) in [6.45, 7) is 6.32. The molecule has 0 fully saturated rings. The van der Waals surface area contributed by atoms with Gasteiger partial charge in [0.15, 0.2) is 6.29 Å². The van der Waals surface area contributed by atoms with Crippen LogP contribution in [0.3, 0.4) is 0 Å². The van der Waals surface area contributed by atoms with Crippen LogP contribution < -0.4 is 5.32 Å². The normalized spacial score (nSPS) is 13.2. The fourth-order valence-corrected chi connectivity index (χ4v) is 1.10. The molecule has 1 atom stereocenters. The summed E-state index contributed by atoms with van der Waals surface area (Å²) in [6, 6.07) is 0. The van der Waals surface area contributed by atoms with Crippen molar-refractivity contribution in [3.63, 3.8) is 0 Å². The minimum absolute atomic E-state index is 0.589. The highest BCUT2D eigenvalue weighted by Crippen LogP contribution is 1.96. The molecule has 0 aliphatic rings. The average Bonchev–Trinajstić information content (AvgIpc) is 2.09. The average molecular weight is 189 g/mol. The summed E-state index contributed by atoms with van der Waals surface area (Å²) in [4.78, 5) is 0. The monoisotopic (exact) mass is 189 g/mol. The van der Waals surface area contributed by atoms with Crippen LogP contribution in [-0.2, 0) is 4.74 Å². The Morgan fingerprint density at radius 1 is 1.23 bits per heavy atom. The largest absolute Gasteiger partial charge is 0.368 e. The summed E-state index contributed by atoms with van der Waals surface area (Å²) in [5.74, 6) is 0. The lowest BCUT2D eigenvalue weighted by Gasteiger charge is -2.07. The van der Waals surface area contributed by atoms with Crippen molar-refractivity contribution in [1.29, 1.82) is 0 Å². The van der Waals surface area contributed by atoms with Crippen LogP contribution >= 0.6 is 0 Å². The molecule has 0 aliphatic heterocycles. The van der Waals surface area contributed by atoms with Crippen molar-refractivity contribution in [2.24, 2.45) is 0 Å².